The molecule has 1 amide bonds. The zero-order chi connectivity index (χ0) is 30.7. The topological polar surface area (TPSA) is 122 Å². The lowest BCUT2D eigenvalue weighted by Crippen LogP contribution is -2.35. The number of pyridine rings is 1. The average molecular weight is 611 g/mol. The van der Waals surface area contributed by atoms with Gasteiger partial charge in [-0.2, -0.15) is 13.2 Å². The van der Waals surface area contributed by atoms with Crippen LogP contribution in [0.3, 0.4) is 0 Å². The maximum Gasteiger partial charge on any atom is 0.416 e. The molecule has 2 aliphatic heterocycles. The van der Waals surface area contributed by atoms with Gasteiger partial charge in [0.25, 0.3) is 5.91 Å². The van der Waals surface area contributed by atoms with E-state index in [1.807, 2.05) is 17.7 Å². The largest absolute Gasteiger partial charge is 0.480 e. The van der Waals surface area contributed by atoms with Gasteiger partial charge in [-0.3, -0.25) is 14.5 Å². The number of nitrogens with one attached hydrogen (secondary N) is 1. The van der Waals surface area contributed by atoms with Crippen molar-refractivity contribution in [3.05, 3.63) is 69.9 Å². The molecule has 4 heterocycles. The number of nitrogens with zero attached hydrogens (tertiary/aromatic N) is 5. The Kier molecular flexibility index (Phi) is 7.19. The maximum absolute atomic E-state index is 14.5. The molecule has 1 saturated heterocycles. The van der Waals surface area contributed by atoms with Crippen molar-refractivity contribution in [3.8, 4) is 0 Å². The zero-order valence-electron chi connectivity index (χ0n) is 24.2. The SMILES string of the molecule is Cn1cnnc1[C@@H](c1cc(C2CC2)nc(N2Cc3c(cc([C@@H](NCC4CCC4)C(=O)O)cc3C(F)(F)F)C2=O)c1)C1COC1. The first kappa shape index (κ1) is 28.9. The summed E-state index contributed by atoms with van der Waals surface area (Å²) in [6.45, 7) is 1.12. The number of aryl methyl sites for hydroxylation is 1. The summed E-state index contributed by atoms with van der Waals surface area (Å²) >= 11 is 0. The molecule has 4 aliphatic rings. The lowest BCUT2D eigenvalue weighted by Gasteiger charge is -2.34. The molecule has 13 heteroatoms. The quantitative estimate of drug-likeness (QED) is 0.343. The molecule has 2 saturated carbocycles. The van der Waals surface area contributed by atoms with E-state index in [4.69, 9.17) is 9.72 Å². The summed E-state index contributed by atoms with van der Waals surface area (Å²) in [6, 6.07) is 4.59. The number of halogens is 3. The molecule has 10 nitrogen and oxygen atoms in total. The highest BCUT2D eigenvalue weighted by molar-refractivity contribution is 6.10. The van der Waals surface area contributed by atoms with E-state index in [9.17, 15) is 27.9 Å². The van der Waals surface area contributed by atoms with E-state index in [1.54, 1.807) is 12.4 Å². The molecular weight excluding hydrogens is 577 g/mol. The van der Waals surface area contributed by atoms with Crippen LogP contribution in [0.2, 0.25) is 0 Å². The van der Waals surface area contributed by atoms with E-state index < -0.39 is 29.7 Å². The van der Waals surface area contributed by atoms with Crippen LogP contribution in [0.15, 0.2) is 30.6 Å². The van der Waals surface area contributed by atoms with Crippen LogP contribution in [0.5, 0.6) is 0 Å². The number of carbonyl (C=O) groups is 2. The van der Waals surface area contributed by atoms with E-state index in [-0.39, 0.29) is 46.8 Å². The Morgan fingerprint density at radius 1 is 1.14 bits per heavy atom. The Labute approximate surface area is 251 Å². The monoisotopic (exact) mass is 610 g/mol. The second-order valence-electron chi connectivity index (χ2n) is 12.5. The minimum atomic E-state index is -4.79. The Hall–Kier alpha value is -3.84. The van der Waals surface area contributed by atoms with Gasteiger partial charge in [0.2, 0.25) is 0 Å². The summed E-state index contributed by atoms with van der Waals surface area (Å²) < 4.78 is 50.7. The van der Waals surface area contributed by atoms with Crippen molar-refractivity contribution in [1.29, 1.82) is 0 Å². The van der Waals surface area contributed by atoms with Gasteiger partial charge in [0, 0.05) is 30.1 Å². The lowest BCUT2D eigenvalue weighted by molar-refractivity contribution is -0.141. The maximum atomic E-state index is 14.5. The highest BCUT2D eigenvalue weighted by Gasteiger charge is 2.43. The molecule has 0 radical (unpaired) electrons. The normalized spacial score (nSPS) is 20.3. The van der Waals surface area contributed by atoms with Gasteiger partial charge in [-0.25, -0.2) is 4.98 Å². The summed E-state index contributed by atoms with van der Waals surface area (Å²) in [5, 5.41) is 21.3. The van der Waals surface area contributed by atoms with Crippen LogP contribution < -0.4 is 10.2 Å². The van der Waals surface area contributed by atoms with Crippen molar-refractivity contribution in [2.45, 2.75) is 62.7 Å². The Bertz CT molecular complexity index is 1610. The van der Waals surface area contributed by atoms with Crippen LogP contribution in [0, 0.1) is 11.8 Å². The Morgan fingerprint density at radius 2 is 1.91 bits per heavy atom. The van der Waals surface area contributed by atoms with Gasteiger partial charge in [-0.05, 0) is 79.1 Å². The third-order valence-corrected chi connectivity index (χ3v) is 9.43. The molecular formula is C31H33F3N6O4. The van der Waals surface area contributed by atoms with Crippen molar-refractivity contribution in [2.75, 3.05) is 24.7 Å². The third kappa shape index (κ3) is 5.25. The van der Waals surface area contributed by atoms with E-state index in [0.717, 1.165) is 55.3 Å². The second-order valence-corrected chi connectivity index (χ2v) is 12.5. The van der Waals surface area contributed by atoms with Crippen molar-refractivity contribution < 1.29 is 32.6 Å². The molecule has 1 aromatic carbocycles. The summed E-state index contributed by atoms with van der Waals surface area (Å²) in [5.41, 5.74) is 0.228. The number of hydrogen-bond acceptors (Lipinski definition) is 7. The number of alkyl halides is 3. The van der Waals surface area contributed by atoms with Crippen molar-refractivity contribution in [3.63, 3.8) is 0 Å². The Morgan fingerprint density at radius 3 is 2.48 bits per heavy atom. The van der Waals surface area contributed by atoms with Gasteiger partial charge in [0.1, 0.15) is 24.0 Å². The molecule has 3 fully saturated rings. The number of hydrogen-bond donors (Lipinski definition) is 2. The number of fused-ring (bicyclic) bond motifs is 1. The molecule has 0 unspecified atom stereocenters. The first-order valence-corrected chi connectivity index (χ1v) is 15.0. The summed E-state index contributed by atoms with van der Waals surface area (Å²) in [7, 11) is 1.86. The van der Waals surface area contributed by atoms with Crippen LogP contribution in [0.1, 0.15) is 94.1 Å². The number of aromatic nitrogens is 4. The minimum absolute atomic E-state index is 0.0918. The first-order valence-electron chi connectivity index (χ1n) is 15.0. The van der Waals surface area contributed by atoms with Crippen LogP contribution in [-0.4, -0.2) is 56.5 Å². The number of carboxylic acid groups (broad SMARTS) is 1. The molecule has 7 rings (SSSR count). The average Bonchev–Trinajstić information content (AvgIpc) is 3.62. The molecule has 2 aliphatic carbocycles. The summed E-state index contributed by atoms with van der Waals surface area (Å²) in [5.74, 6) is -0.514. The first-order chi connectivity index (χ1) is 21.1. The second kappa shape index (κ2) is 11.0. The number of rotatable bonds is 10. The summed E-state index contributed by atoms with van der Waals surface area (Å²) in [4.78, 5) is 32.2. The van der Waals surface area contributed by atoms with Crippen molar-refractivity contribution in [2.24, 2.45) is 18.9 Å². The van der Waals surface area contributed by atoms with Crippen molar-refractivity contribution in [1.82, 2.24) is 25.1 Å². The third-order valence-electron chi connectivity index (χ3n) is 9.43. The van der Waals surface area contributed by atoms with Gasteiger partial charge < -0.3 is 19.7 Å². The van der Waals surface area contributed by atoms with Gasteiger partial charge in [0.15, 0.2) is 0 Å². The molecule has 232 valence electrons. The van der Waals surface area contributed by atoms with Crippen LogP contribution in [0.4, 0.5) is 19.0 Å². The Balaban J connectivity index is 1.28. The molecule has 0 spiro atoms. The van der Waals surface area contributed by atoms with E-state index in [1.165, 1.54) is 11.0 Å². The van der Waals surface area contributed by atoms with E-state index in [0.29, 0.717) is 25.7 Å². The van der Waals surface area contributed by atoms with Crippen LogP contribution >= 0.6 is 0 Å². The smallest absolute Gasteiger partial charge is 0.416 e. The number of aliphatic carboxylic acids is 1. The highest BCUT2D eigenvalue weighted by atomic mass is 19.4. The highest BCUT2D eigenvalue weighted by Crippen LogP contribution is 2.45. The predicted molar refractivity (Wildman–Crippen MR) is 151 cm³/mol. The number of carboxylic acids is 1. The molecule has 2 N–H and O–H groups in total. The fourth-order valence-corrected chi connectivity index (χ4v) is 6.48. The number of carbonyl (C=O) groups excluding carboxylic acids is 1. The van der Waals surface area contributed by atoms with E-state index in [2.05, 4.69) is 15.5 Å². The lowest BCUT2D eigenvalue weighted by atomic mass is 9.83. The summed E-state index contributed by atoms with van der Waals surface area (Å²) in [6.07, 6.45) is 1.66. The number of benzene rings is 1. The fourth-order valence-electron chi connectivity index (χ4n) is 6.48. The van der Waals surface area contributed by atoms with Gasteiger partial charge in [-0.15, -0.1) is 10.2 Å². The molecule has 44 heavy (non-hydrogen) atoms. The number of ether oxygens (including phenoxy) is 1. The molecule has 2 aromatic heterocycles. The van der Waals surface area contributed by atoms with Gasteiger partial charge in [0.05, 0.1) is 31.2 Å². The zero-order valence-corrected chi connectivity index (χ0v) is 24.2. The fraction of sp³-hybridized carbons (Fsp3) is 0.516. The number of amides is 1. The van der Waals surface area contributed by atoms with Gasteiger partial charge in [-0.1, -0.05) is 6.42 Å². The van der Waals surface area contributed by atoms with E-state index >= 15 is 0 Å². The van der Waals surface area contributed by atoms with Crippen LogP contribution in [0.25, 0.3) is 0 Å². The molecule has 3 aromatic rings. The predicted octanol–water partition coefficient (Wildman–Crippen LogP) is 4.56. The van der Waals surface area contributed by atoms with Gasteiger partial charge >= 0.3 is 12.1 Å². The molecule has 0 bridgehead atoms. The minimum Gasteiger partial charge on any atom is -0.480 e. The number of anilines is 1. The van der Waals surface area contributed by atoms with Crippen LogP contribution in [-0.2, 0) is 29.3 Å². The van der Waals surface area contributed by atoms with Crippen molar-refractivity contribution >= 4 is 17.7 Å². The molecule has 2 atom stereocenters. The standard InChI is InChI=1S/C31H33F3N6O4/c1-39-15-36-38-28(39)26(20-13-44-14-20)18-9-24(17-5-6-17)37-25(10-18)40-12-22-21(29(40)41)7-19(8-23(22)31(32,33)34)27(30(42)43)35-11-16-3-2-4-16/h7-10,15-17,20,26-27,35H,2-6,11-14H2,1H3,(H,42,43)/t26-,27+/m0/s1.